The Morgan fingerprint density at radius 3 is 2.30 bits per heavy atom. The highest BCUT2D eigenvalue weighted by molar-refractivity contribution is 5.94. The van der Waals surface area contributed by atoms with E-state index in [0.717, 1.165) is 0 Å². The van der Waals surface area contributed by atoms with Crippen LogP contribution in [0.1, 0.15) is 6.92 Å². The molecule has 0 aliphatic heterocycles. The van der Waals surface area contributed by atoms with E-state index in [1.165, 1.54) is 31.2 Å². The molecule has 1 amide bonds. The van der Waals surface area contributed by atoms with Crippen LogP contribution in [0.25, 0.3) is 0 Å². The van der Waals surface area contributed by atoms with Crippen molar-refractivity contribution in [1.29, 1.82) is 0 Å². The number of esters is 1. The zero-order chi connectivity index (χ0) is 21.3. The molecule has 3 rings (SSSR count). The molecule has 1 atom stereocenters. The second-order valence-electron chi connectivity index (χ2n) is 6.28. The lowest BCUT2D eigenvalue weighted by Crippen LogP contribution is -2.29. The third-order valence-electron chi connectivity index (χ3n) is 3.94. The van der Waals surface area contributed by atoms with Crippen molar-refractivity contribution in [3.63, 3.8) is 0 Å². The fourth-order valence-electron chi connectivity index (χ4n) is 2.48. The van der Waals surface area contributed by atoms with Crippen LogP contribution >= 0.6 is 0 Å². The van der Waals surface area contributed by atoms with Crippen LogP contribution < -0.4 is 14.8 Å². The van der Waals surface area contributed by atoms with Crippen LogP contribution in [0.3, 0.4) is 0 Å². The van der Waals surface area contributed by atoms with Crippen molar-refractivity contribution >= 4 is 17.6 Å². The predicted octanol–water partition coefficient (Wildman–Crippen LogP) is 4.57. The van der Waals surface area contributed by atoms with Gasteiger partial charge in [-0.3, -0.25) is 4.79 Å². The number of nitrogens with one attached hydrogen (secondary N) is 1. The Kier molecular flexibility index (Phi) is 7.00. The molecule has 0 aliphatic rings. The molecule has 0 spiro atoms. The van der Waals surface area contributed by atoms with Crippen LogP contribution in [0, 0.1) is 5.82 Å². The molecule has 0 fully saturated rings. The zero-order valence-corrected chi connectivity index (χ0v) is 16.2. The Labute approximate surface area is 173 Å². The molecule has 0 saturated heterocycles. The summed E-state index contributed by atoms with van der Waals surface area (Å²) in [6.07, 6.45) is -0.961. The van der Waals surface area contributed by atoms with Crippen molar-refractivity contribution in [1.82, 2.24) is 0 Å². The summed E-state index contributed by atoms with van der Waals surface area (Å²) in [7, 11) is 0. The van der Waals surface area contributed by atoms with Crippen molar-refractivity contribution in [2.24, 2.45) is 0 Å². The normalized spacial score (nSPS) is 11.3. The Balaban J connectivity index is 1.52. The number of carbonyl (C=O) groups is 2. The van der Waals surface area contributed by atoms with Crippen LogP contribution in [0.4, 0.5) is 10.1 Å². The smallest absolute Gasteiger partial charge is 0.347 e. The first kappa shape index (κ1) is 20.9. The van der Waals surface area contributed by atoms with Crippen LogP contribution in [0.2, 0.25) is 0 Å². The number of anilines is 1. The number of benzene rings is 3. The number of amides is 1. The van der Waals surface area contributed by atoms with Gasteiger partial charge in [0.2, 0.25) is 0 Å². The zero-order valence-electron chi connectivity index (χ0n) is 16.2. The number of carbonyl (C=O) groups excluding carboxylic acids is 2. The van der Waals surface area contributed by atoms with E-state index < -0.39 is 30.4 Å². The van der Waals surface area contributed by atoms with E-state index in [0.29, 0.717) is 22.9 Å². The highest BCUT2D eigenvalue weighted by atomic mass is 19.1. The molecular weight excluding hydrogens is 389 g/mol. The number of para-hydroxylation sites is 3. The molecule has 0 bridgehead atoms. The summed E-state index contributed by atoms with van der Waals surface area (Å²) in [6, 6.07) is 21.3. The van der Waals surface area contributed by atoms with E-state index in [1.54, 1.807) is 36.4 Å². The van der Waals surface area contributed by atoms with Crippen LogP contribution in [-0.4, -0.2) is 24.6 Å². The van der Waals surface area contributed by atoms with Crippen molar-refractivity contribution in [2.45, 2.75) is 13.0 Å². The molecule has 0 radical (unpaired) electrons. The monoisotopic (exact) mass is 409 g/mol. The molecule has 7 heteroatoms. The molecule has 1 N–H and O–H groups in total. The first-order chi connectivity index (χ1) is 14.5. The summed E-state index contributed by atoms with van der Waals surface area (Å²) in [5.41, 5.74) is 0.443. The average molecular weight is 409 g/mol. The Morgan fingerprint density at radius 2 is 1.57 bits per heavy atom. The lowest BCUT2D eigenvalue weighted by Gasteiger charge is -2.15. The highest BCUT2D eigenvalue weighted by Crippen LogP contribution is 2.29. The summed E-state index contributed by atoms with van der Waals surface area (Å²) >= 11 is 0. The number of halogens is 1. The van der Waals surface area contributed by atoms with Crippen LogP contribution in [0.5, 0.6) is 17.2 Å². The quantitative estimate of drug-likeness (QED) is 0.552. The third-order valence-corrected chi connectivity index (χ3v) is 3.94. The fraction of sp³-hybridized carbons (Fsp3) is 0.130. The maximum Gasteiger partial charge on any atom is 0.347 e. The number of rotatable bonds is 8. The summed E-state index contributed by atoms with van der Waals surface area (Å²) < 4.78 is 29.1. The van der Waals surface area contributed by atoms with Crippen molar-refractivity contribution in [3.05, 3.63) is 84.7 Å². The predicted molar refractivity (Wildman–Crippen MR) is 109 cm³/mol. The SMILES string of the molecule is C[C@@H](Oc1ccc(F)cc1)C(=O)OCC(=O)Nc1ccccc1Oc1ccccc1. The van der Waals surface area contributed by atoms with Crippen LogP contribution in [0.15, 0.2) is 78.9 Å². The van der Waals surface area contributed by atoms with E-state index in [9.17, 15) is 14.0 Å². The lowest BCUT2D eigenvalue weighted by molar-refractivity contribution is -0.153. The van der Waals surface area contributed by atoms with E-state index >= 15 is 0 Å². The maximum atomic E-state index is 12.9. The molecule has 154 valence electrons. The molecule has 3 aromatic carbocycles. The molecule has 0 unspecified atom stereocenters. The van der Waals surface area contributed by atoms with Gasteiger partial charge in [0.05, 0.1) is 5.69 Å². The molecular formula is C23H20FNO5. The summed E-state index contributed by atoms with van der Waals surface area (Å²) in [4.78, 5) is 24.3. The van der Waals surface area contributed by atoms with Gasteiger partial charge in [-0.1, -0.05) is 30.3 Å². The number of hydrogen-bond donors (Lipinski definition) is 1. The van der Waals surface area contributed by atoms with Gasteiger partial charge in [0.1, 0.15) is 17.3 Å². The summed E-state index contributed by atoms with van der Waals surface area (Å²) in [5, 5.41) is 2.66. The second kappa shape index (κ2) is 10.1. The lowest BCUT2D eigenvalue weighted by atomic mass is 10.3. The fourth-order valence-corrected chi connectivity index (χ4v) is 2.48. The van der Waals surface area contributed by atoms with Gasteiger partial charge in [-0.15, -0.1) is 0 Å². The van der Waals surface area contributed by atoms with E-state index in [4.69, 9.17) is 14.2 Å². The minimum atomic E-state index is -0.961. The Morgan fingerprint density at radius 1 is 0.900 bits per heavy atom. The van der Waals surface area contributed by atoms with Crippen molar-refractivity contribution < 1.29 is 28.2 Å². The van der Waals surface area contributed by atoms with Gasteiger partial charge in [-0.05, 0) is 55.5 Å². The summed E-state index contributed by atoms with van der Waals surface area (Å²) in [5.74, 6) is -0.262. The highest BCUT2D eigenvalue weighted by Gasteiger charge is 2.18. The van der Waals surface area contributed by atoms with Gasteiger partial charge < -0.3 is 19.5 Å². The largest absolute Gasteiger partial charge is 0.479 e. The number of hydrogen-bond acceptors (Lipinski definition) is 5. The third kappa shape index (κ3) is 6.07. The minimum Gasteiger partial charge on any atom is -0.479 e. The molecule has 0 saturated carbocycles. The van der Waals surface area contributed by atoms with E-state index in [1.807, 2.05) is 18.2 Å². The molecule has 0 heterocycles. The molecule has 3 aromatic rings. The first-order valence-corrected chi connectivity index (χ1v) is 9.22. The summed E-state index contributed by atoms with van der Waals surface area (Å²) in [6.45, 7) is 0.988. The molecule has 0 aromatic heterocycles. The number of ether oxygens (including phenoxy) is 3. The first-order valence-electron chi connectivity index (χ1n) is 9.22. The van der Waals surface area contributed by atoms with E-state index in [2.05, 4.69) is 5.32 Å². The van der Waals surface area contributed by atoms with Gasteiger partial charge in [0.25, 0.3) is 5.91 Å². The van der Waals surface area contributed by atoms with Gasteiger partial charge in [0, 0.05) is 0 Å². The van der Waals surface area contributed by atoms with Gasteiger partial charge in [-0.2, -0.15) is 0 Å². The molecule has 30 heavy (non-hydrogen) atoms. The van der Waals surface area contributed by atoms with Gasteiger partial charge in [0.15, 0.2) is 18.5 Å². The molecule has 6 nitrogen and oxygen atoms in total. The second-order valence-corrected chi connectivity index (χ2v) is 6.28. The van der Waals surface area contributed by atoms with Crippen LogP contribution in [-0.2, 0) is 14.3 Å². The topological polar surface area (TPSA) is 73.9 Å². The standard InChI is InChI=1S/C23H20FNO5/c1-16(29-19-13-11-17(24)12-14-19)23(27)28-15-22(26)25-20-9-5-6-10-21(20)30-18-7-3-2-4-8-18/h2-14,16H,15H2,1H3,(H,25,26)/t16-/m1/s1. The Hall–Kier alpha value is -3.87. The van der Waals surface area contributed by atoms with Crippen molar-refractivity contribution in [2.75, 3.05) is 11.9 Å². The molecule has 0 aliphatic carbocycles. The van der Waals surface area contributed by atoms with Gasteiger partial charge in [-0.25, -0.2) is 9.18 Å². The Bertz CT molecular complexity index is 992. The van der Waals surface area contributed by atoms with E-state index in [-0.39, 0.29) is 0 Å². The van der Waals surface area contributed by atoms with Crippen molar-refractivity contribution in [3.8, 4) is 17.2 Å². The average Bonchev–Trinajstić information content (AvgIpc) is 2.75. The maximum absolute atomic E-state index is 12.9. The minimum absolute atomic E-state index is 0.317. The van der Waals surface area contributed by atoms with Gasteiger partial charge >= 0.3 is 5.97 Å².